The molecule has 0 bridgehead atoms. The number of carbonyl (C=O) groups is 1. The molecule has 0 aromatic heterocycles. The quantitative estimate of drug-likeness (QED) is 0.793. The molecule has 1 amide bonds. The Hall–Kier alpha value is -1.59. The molecule has 5 nitrogen and oxygen atoms in total. The van der Waals surface area contributed by atoms with Gasteiger partial charge in [-0.25, -0.2) is 0 Å². The zero-order chi connectivity index (χ0) is 20.3. The normalized spacial score (nSPS) is 32.5. The summed E-state index contributed by atoms with van der Waals surface area (Å²) >= 11 is 0. The highest BCUT2D eigenvalue weighted by atomic mass is 16.5. The second kappa shape index (κ2) is 8.83. The van der Waals surface area contributed by atoms with Gasteiger partial charge >= 0.3 is 0 Å². The first-order chi connectivity index (χ1) is 13.4. The van der Waals surface area contributed by atoms with Gasteiger partial charge < -0.3 is 19.5 Å². The molecule has 3 rings (SSSR count). The first kappa shape index (κ1) is 21.1. The van der Waals surface area contributed by atoms with Gasteiger partial charge in [0, 0.05) is 37.0 Å². The molecule has 1 saturated carbocycles. The van der Waals surface area contributed by atoms with Gasteiger partial charge in [0.1, 0.15) is 5.75 Å². The number of ether oxygens (including phenoxy) is 3. The van der Waals surface area contributed by atoms with Gasteiger partial charge in [0.2, 0.25) is 5.91 Å². The maximum Gasteiger partial charge on any atom is 0.222 e. The number of fused-ring (bicyclic) bond motifs is 1. The number of amides is 1. The van der Waals surface area contributed by atoms with Crippen molar-refractivity contribution in [2.45, 2.75) is 70.6 Å². The standard InChI is InChI=1S/C23H35NO4/c1-15-6-8-17(19(12-15)27-5)21-14-23(3,24-22(25)10-11-26-4)18-9-7-16(2)13-20(18)28-21/h6,8,12,16,18,20-21H,7,9-11,13-14H2,1-5H3,(H,24,25)/t16-,18-,20-,21-,23+/m1/s1. The lowest BCUT2D eigenvalue weighted by molar-refractivity contribution is -0.154. The fraction of sp³-hybridized carbons (Fsp3) is 0.696. The molecule has 28 heavy (non-hydrogen) atoms. The second-order valence-electron chi connectivity index (χ2n) is 8.85. The van der Waals surface area contributed by atoms with E-state index in [9.17, 15) is 4.79 Å². The summed E-state index contributed by atoms with van der Waals surface area (Å²) in [5.74, 6) is 1.90. The molecule has 1 saturated heterocycles. The molecule has 5 atom stereocenters. The first-order valence-corrected chi connectivity index (χ1v) is 10.5. The molecule has 0 spiro atoms. The minimum absolute atomic E-state index is 0.0539. The van der Waals surface area contributed by atoms with E-state index in [1.807, 2.05) is 0 Å². The molecule has 1 aliphatic heterocycles. The van der Waals surface area contributed by atoms with Gasteiger partial charge in [-0.3, -0.25) is 4.79 Å². The lowest BCUT2D eigenvalue weighted by atomic mass is 9.66. The van der Waals surface area contributed by atoms with Crippen molar-refractivity contribution >= 4 is 5.91 Å². The predicted molar refractivity (Wildman–Crippen MR) is 110 cm³/mol. The van der Waals surface area contributed by atoms with Gasteiger partial charge in [-0.1, -0.05) is 25.5 Å². The Morgan fingerprint density at radius 2 is 2.11 bits per heavy atom. The highest BCUT2D eigenvalue weighted by Gasteiger charge is 2.49. The van der Waals surface area contributed by atoms with Crippen LogP contribution in [0.1, 0.15) is 63.2 Å². The van der Waals surface area contributed by atoms with Crippen LogP contribution < -0.4 is 10.1 Å². The molecule has 1 aliphatic carbocycles. The summed E-state index contributed by atoms with van der Waals surface area (Å²) in [6, 6.07) is 6.27. The van der Waals surface area contributed by atoms with Crippen molar-refractivity contribution in [3.8, 4) is 5.75 Å². The van der Waals surface area contributed by atoms with Crippen LogP contribution in [0.15, 0.2) is 18.2 Å². The van der Waals surface area contributed by atoms with Crippen LogP contribution in [-0.4, -0.2) is 38.4 Å². The van der Waals surface area contributed by atoms with Crippen LogP contribution in [0.25, 0.3) is 0 Å². The molecule has 2 aliphatic rings. The van der Waals surface area contributed by atoms with E-state index in [0.29, 0.717) is 24.9 Å². The summed E-state index contributed by atoms with van der Waals surface area (Å²) in [4.78, 5) is 12.6. The third-order valence-corrected chi connectivity index (χ3v) is 6.51. The summed E-state index contributed by atoms with van der Waals surface area (Å²) in [6.45, 7) is 7.00. The predicted octanol–water partition coefficient (Wildman–Crippen LogP) is 4.18. The third kappa shape index (κ3) is 4.52. The molecular formula is C23H35NO4. The van der Waals surface area contributed by atoms with Gasteiger partial charge in [0.25, 0.3) is 0 Å². The second-order valence-corrected chi connectivity index (χ2v) is 8.85. The average molecular weight is 390 g/mol. The highest BCUT2D eigenvalue weighted by molar-refractivity contribution is 5.77. The maximum absolute atomic E-state index is 12.6. The Bertz CT molecular complexity index is 691. The maximum atomic E-state index is 12.6. The summed E-state index contributed by atoms with van der Waals surface area (Å²) < 4.78 is 17.4. The fourth-order valence-corrected chi connectivity index (χ4v) is 4.99. The smallest absolute Gasteiger partial charge is 0.222 e. The van der Waals surface area contributed by atoms with Crippen molar-refractivity contribution in [2.24, 2.45) is 11.8 Å². The van der Waals surface area contributed by atoms with Gasteiger partial charge in [0.15, 0.2) is 0 Å². The Kier molecular flexibility index (Phi) is 6.66. The lowest BCUT2D eigenvalue weighted by Gasteiger charge is -2.52. The van der Waals surface area contributed by atoms with Gasteiger partial charge in [-0.2, -0.15) is 0 Å². The Morgan fingerprint density at radius 1 is 1.32 bits per heavy atom. The van der Waals surface area contributed by atoms with Crippen LogP contribution >= 0.6 is 0 Å². The molecule has 1 N–H and O–H groups in total. The van der Waals surface area contributed by atoms with Crippen molar-refractivity contribution in [3.05, 3.63) is 29.3 Å². The SMILES string of the molecule is COCCC(=O)N[C@@]1(C)C[C@H](c2ccc(C)cc2OC)O[C@@H]2C[C@H](C)CC[C@H]21. The summed E-state index contributed by atoms with van der Waals surface area (Å²) in [5, 5.41) is 3.35. The molecule has 0 radical (unpaired) electrons. The highest BCUT2D eigenvalue weighted by Crippen LogP contribution is 2.49. The van der Waals surface area contributed by atoms with Gasteiger partial charge in [-0.05, 0) is 44.2 Å². The van der Waals surface area contributed by atoms with Crippen LogP contribution in [-0.2, 0) is 14.3 Å². The molecule has 0 unspecified atom stereocenters. The number of benzene rings is 1. The minimum atomic E-state index is -0.297. The number of rotatable bonds is 6. The molecule has 156 valence electrons. The Balaban J connectivity index is 1.88. The van der Waals surface area contributed by atoms with E-state index in [4.69, 9.17) is 14.2 Å². The van der Waals surface area contributed by atoms with Gasteiger partial charge in [-0.15, -0.1) is 0 Å². The van der Waals surface area contributed by atoms with Crippen LogP contribution in [0.5, 0.6) is 5.75 Å². The number of aryl methyl sites for hydroxylation is 1. The minimum Gasteiger partial charge on any atom is -0.496 e. The third-order valence-electron chi connectivity index (χ3n) is 6.51. The Morgan fingerprint density at radius 3 is 2.82 bits per heavy atom. The molecule has 5 heteroatoms. The number of nitrogens with one attached hydrogen (secondary N) is 1. The zero-order valence-corrected chi connectivity index (χ0v) is 17.9. The fourth-order valence-electron chi connectivity index (χ4n) is 4.99. The van der Waals surface area contributed by atoms with E-state index in [2.05, 4.69) is 44.3 Å². The topological polar surface area (TPSA) is 56.8 Å². The largest absolute Gasteiger partial charge is 0.496 e. The van der Waals surface area contributed by atoms with Crippen molar-refractivity contribution in [1.29, 1.82) is 0 Å². The van der Waals surface area contributed by atoms with Crippen LogP contribution in [0.2, 0.25) is 0 Å². The molecule has 1 heterocycles. The van der Waals surface area contributed by atoms with E-state index >= 15 is 0 Å². The van der Waals surface area contributed by atoms with E-state index in [1.54, 1.807) is 14.2 Å². The van der Waals surface area contributed by atoms with Gasteiger partial charge in [0.05, 0.1) is 25.9 Å². The number of carbonyl (C=O) groups excluding carboxylic acids is 1. The van der Waals surface area contributed by atoms with E-state index < -0.39 is 0 Å². The van der Waals surface area contributed by atoms with Crippen LogP contribution in [0, 0.1) is 18.8 Å². The molecule has 1 aromatic rings. The van der Waals surface area contributed by atoms with Crippen LogP contribution in [0.4, 0.5) is 0 Å². The molecule has 1 aromatic carbocycles. The Labute approximate surface area is 169 Å². The van der Waals surface area contributed by atoms with Crippen molar-refractivity contribution in [3.63, 3.8) is 0 Å². The summed E-state index contributed by atoms with van der Waals surface area (Å²) in [7, 11) is 3.33. The zero-order valence-electron chi connectivity index (χ0n) is 17.9. The van der Waals surface area contributed by atoms with Crippen molar-refractivity contribution in [2.75, 3.05) is 20.8 Å². The number of methoxy groups -OCH3 is 2. The monoisotopic (exact) mass is 389 g/mol. The van der Waals surface area contributed by atoms with Crippen molar-refractivity contribution < 1.29 is 19.0 Å². The van der Waals surface area contributed by atoms with Crippen molar-refractivity contribution in [1.82, 2.24) is 5.32 Å². The summed E-state index contributed by atoms with van der Waals surface area (Å²) in [5.41, 5.74) is 1.94. The van der Waals surface area contributed by atoms with Crippen LogP contribution in [0.3, 0.4) is 0 Å². The van der Waals surface area contributed by atoms with E-state index in [-0.39, 0.29) is 23.7 Å². The summed E-state index contributed by atoms with van der Waals surface area (Å²) in [6.07, 6.45) is 4.52. The average Bonchev–Trinajstić information content (AvgIpc) is 2.65. The molecular weight excluding hydrogens is 354 g/mol. The first-order valence-electron chi connectivity index (χ1n) is 10.5. The van der Waals surface area contributed by atoms with E-state index in [1.165, 1.54) is 6.42 Å². The lowest BCUT2D eigenvalue weighted by Crippen LogP contribution is -2.60. The number of hydrogen-bond acceptors (Lipinski definition) is 4. The van der Waals surface area contributed by atoms with E-state index in [0.717, 1.165) is 36.1 Å². The number of hydrogen-bond donors (Lipinski definition) is 1. The molecule has 2 fully saturated rings.